The van der Waals surface area contributed by atoms with Crippen molar-refractivity contribution in [3.8, 4) is 0 Å². The summed E-state index contributed by atoms with van der Waals surface area (Å²) in [5.41, 5.74) is 5.67. The zero-order valence-corrected chi connectivity index (χ0v) is 20.6. The second kappa shape index (κ2) is 11.5. The average molecular weight is 481 g/mol. The number of hydrogen-bond donors (Lipinski definition) is 2. The van der Waals surface area contributed by atoms with Gasteiger partial charge in [0.1, 0.15) is 5.25 Å². The van der Waals surface area contributed by atoms with E-state index in [0.717, 1.165) is 27.3 Å². The number of nitrogens with one attached hydrogen (secondary N) is 2. The fraction of sp³-hybridized carbons (Fsp3) is 0.133. The molecule has 5 heteroatoms. The van der Waals surface area contributed by atoms with E-state index in [1.54, 1.807) is 0 Å². The van der Waals surface area contributed by atoms with Gasteiger partial charge in [-0.1, -0.05) is 72.8 Å². The van der Waals surface area contributed by atoms with Gasteiger partial charge in [-0.25, -0.2) is 0 Å². The Balaban J connectivity index is 1.50. The van der Waals surface area contributed by atoms with Crippen LogP contribution in [-0.4, -0.2) is 11.8 Å². The van der Waals surface area contributed by atoms with E-state index >= 15 is 0 Å². The highest BCUT2D eigenvalue weighted by Crippen LogP contribution is 2.37. The normalized spacial score (nSPS) is 11.5. The van der Waals surface area contributed by atoms with Crippen LogP contribution < -0.4 is 10.6 Å². The Morgan fingerprint density at radius 1 is 0.714 bits per heavy atom. The molecule has 0 aliphatic rings. The average Bonchev–Trinajstić information content (AvgIpc) is 2.86. The largest absolute Gasteiger partial charge is 0.326 e. The van der Waals surface area contributed by atoms with E-state index in [2.05, 4.69) is 17.6 Å². The summed E-state index contributed by atoms with van der Waals surface area (Å²) < 4.78 is 0. The third-order valence-electron chi connectivity index (χ3n) is 5.69. The topological polar surface area (TPSA) is 58.2 Å². The first-order chi connectivity index (χ1) is 17.0. The minimum atomic E-state index is -0.451. The van der Waals surface area contributed by atoms with Crippen LogP contribution in [0.25, 0.3) is 0 Å². The van der Waals surface area contributed by atoms with Crippen molar-refractivity contribution in [3.05, 3.63) is 125 Å². The van der Waals surface area contributed by atoms with E-state index in [4.69, 9.17) is 0 Å². The molecule has 4 aromatic carbocycles. The fourth-order valence-corrected chi connectivity index (χ4v) is 4.78. The monoisotopic (exact) mass is 480 g/mol. The quantitative estimate of drug-likeness (QED) is 0.268. The Morgan fingerprint density at radius 3 is 2.11 bits per heavy atom. The summed E-state index contributed by atoms with van der Waals surface area (Å²) in [6, 6.07) is 32.9. The van der Waals surface area contributed by atoms with Gasteiger partial charge in [-0.3, -0.25) is 9.59 Å². The number of benzene rings is 4. The maximum atomic E-state index is 13.4. The van der Waals surface area contributed by atoms with Crippen LogP contribution in [0.15, 0.2) is 108 Å². The summed E-state index contributed by atoms with van der Waals surface area (Å²) in [6.07, 6.45) is 0.309. The summed E-state index contributed by atoms with van der Waals surface area (Å²) in [6.45, 7) is 4.08. The van der Waals surface area contributed by atoms with E-state index < -0.39 is 5.25 Å². The summed E-state index contributed by atoms with van der Waals surface area (Å²) >= 11 is 1.46. The lowest BCUT2D eigenvalue weighted by Crippen LogP contribution is -2.19. The van der Waals surface area contributed by atoms with Crippen LogP contribution in [0.4, 0.5) is 11.4 Å². The molecule has 4 aromatic rings. The van der Waals surface area contributed by atoms with Crippen LogP contribution in [0.5, 0.6) is 0 Å². The predicted octanol–water partition coefficient (Wildman–Crippen LogP) is 6.96. The van der Waals surface area contributed by atoms with Crippen LogP contribution >= 0.6 is 11.8 Å². The lowest BCUT2D eigenvalue weighted by Gasteiger charge is -2.18. The van der Waals surface area contributed by atoms with Gasteiger partial charge < -0.3 is 10.6 Å². The molecule has 0 saturated heterocycles. The van der Waals surface area contributed by atoms with Gasteiger partial charge in [0, 0.05) is 16.3 Å². The highest BCUT2D eigenvalue weighted by molar-refractivity contribution is 8.00. The van der Waals surface area contributed by atoms with Gasteiger partial charge in [-0.15, -0.1) is 11.8 Å². The molecule has 176 valence electrons. The first kappa shape index (κ1) is 24.3. The van der Waals surface area contributed by atoms with Crippen molar-refractivity contribution in [1.29, 1.82) is 0 Å². The number of aryl methyl sites for hydroxylation is 2. The van der Waals surface area contributed by atoms with Crippen LogP contribution in [0, 0.1) is 13.8 Å². The van der Waals surface area contributed by atoms with E-state index in [1.165, 1.54) is 17.3 Å². The molecule has 0 bridgehead atoms. The first-order valence-electron chi connectivity index (χ1n) is 11.5. The van der Waals surface area contributed by atoms with Gasteiger partial charge >= 0.3 is 0 Å². The molecule has 0 radical (unpaired) electrons. The third kappa shape index (κ3) is 6.84. The molecule has 0 spiro atoms. The SMILES string of the molecule is Cc1ccc(NC(=O)C(Sc2cccc(NC(=O)Cc3ccccc3)c2)c2ccccc2)cc1C. The molecule has 1 atom stereocenters. The molecular weight excluding hydrogens is 452 g/mol. The van der Waals surface area contributed by atoms with Crippen molar-refractivity contribution >= 4 is 35.0 Å². The summed E-state index contributed by atoms with van der Waals surface area (Å²) in [4.78, 5) is 26.8. The lowest BCUT2D eigenvalue weighted by atomic mass is 10.1. The molecular formula is C30H28N2O2S. The molecule has 4 nitrogen and oxygen atoms in total. The molecule has 0 aliphatic carbocycles. The maximum absolute atomic E-state index is 13.4. The highest BCUT2D eigenvalue weighted by Gasteiger charge is 2.22. The van der Waals surface area contributed by atoms with Crippen molar-refractivity contribution in [2.45, 2.75) is 30.4 Å². The van der Waals surface area contributed by atoms with Crippen LogP contribution in [0.3, 0.4) is 0 Å². The molecule has 0 aromatic heterocycles. The number of anilines is 2. The van der Waals surface area contributed by atoms with Crippen LogP contribution in [-0.2, 0) is 16.0 Å². The van der Waals surface area contributed by atoms with Gasteiger partial charge in [-0.2, -0.15) is 0 Å². The summed E-state index contributed by atoms with van der Waals surface area (Å²) in [5, 5.41) is 5.59. The number of hydrogen-bond acceptors (Lipinski definition) is 3. The summed E-state index contributed by atoms with van der Waals surface area (Å²) in [5.74, 6) is -0.173. The minimum absolute atomic E-state index is 0.0783. The molecule has 0 saturated carbocycles. The second-order valence-electron chi connectivity index (χ2n) is 8.44. The molecule has 0 heterocycles. The lowest BCUT2D eigenvalue weighted by molar-refractivity contribution is -0.116. The van der Waals surface area contributed by atoms with Gasteiger partial charge in [-0.05, 0) is 66.4 Å². The Kier molecular flexibility index (Phi) is 8.01. The van der Waals surface area contributed by atoms with E-state index in [0.29, 0.717) is 12.1 Å². The minimum Gasteiger partial charge on any atom is -0.326 e. The third-order valence-corrected chi connectivity index (χ3v) is 6.94. The van der Waals surface area contributed by atoms with E-state index in [-0.39, 0.29) is 11.8 Å². The fourth-order valence-electron chi connectivity index (χ4n) is 3.70. The number of carbonyl (C=O) groups is 2. The van der Waals surface area contributed by atoms with Crippen molar-refractivity contribution in [1.82, 2.24) is 0 Å². The Bertz CT molecular complexity index is 1310. The van der Waals surface area contributed by atoms with Crippen LogP contribution in [0.2, 0.25) is 0 Å². The number of rotatable bonds is 8. The number of thioether (sulfide) groups is 1. The zero-order valence-electron chi connectivity index (χ0n) is 19.8. The highest BCUT2D eigenvalue weighted by atomic mass is 32.2. The summed E-state index contributed by atoms with van der Waals surface area (Å²) in [7, 11) is 0. The maximum Gasteiger partial charge on any atom is 0.242 e. The Labute approximate surface area is 210 Å². The van der Waals surface area contributed by atoms with Gasteiger partial charge in [0.2, 0.25) is 11.8 Å². The molecule has 1 unspecified atom stereocenters. The Hall–Kier alpha value is -3.83. The molecule has 35 heavy (non-hydrogen) atoms. The Morgan fingerprint density at radius 2 is 1.40 bits per heavy atom. The predicted molar refractivity (Wildman–Crippen MR) is 145 cm³/mol. The van der Waals surface area contributed by atoms with Gasteiger partial charge in [0.15, 0.2) is 0 Å². The van der Waals surface area contributed by atoms with Crippen molar-refractivity contribution in [2.24, 2.45) is 0 Å². The van der Waals surface area contributed by atoms with Crippen LogP contribution in [0.1, 0.15) is 27.5 Å². The molecule has 0 aliphatic heterocycles. The molecule has 2 N–H and O–H groups in total. The number of carbonyl (C=O) groups excluding carboxylic acids is 2. The van der Waals surface area contributed by atoms with Crippen molar-refractivity contribution in [3.63, 3.8) is 0 Å². The van der Waals surface area contributed by atoms with Gasteiger partial charge in [0.05, 0.1) is 6.42 Å². The molecule has 0 fully saturated rings. The second-order valence-corrected chi connectivity index (χ2v) is 9.61. The van der Waals surface area contributed by atoms with E-state index in [9.17, 15) is 9.59 Å². The van der Waals surface area contributed by atoms with Crippen molar-refractivity contribution in [2.75, 3.05) is 10.6 Å². The standard InChI is InChI=1S/C30H28N2O2S/c1-21-16-17-26(18-22(21)2)32-30(34)29(24-12-7-4-8-13-24)35-27-15-9-14-25(20-27)31-28(33)19-23-10-5-3-6-11-23/h3-18,20,29H,19H2,1-2H3,(H,31,33)(H,32,34). The van der Waals surface area contributed by atoms with Crippen molar-refractivity contribution < 1.29 is 9.59 Å². The first-order valence-corrected chi connectivity index (χ1v) is 12.4. The zero-order chi connectivity index (χ0) is 24.6. The number of amides is 2. The van der Waals surface area contributed by atoms with Gasteiger partial charge in [0.25, 0.3) is 0 Å². The van der Waals surface area contributed by atoms with E-state index in [1.807, 2.05) is 110 Å². The molecule has 4 rings (SSSR count). The smallest absolute Gasteiger partial charge is 0.242 e. The molecule has 2 amide bonds.